The minimum absolute atomic E-state index is 0.0716. The fourth-order valence-electron chi connectivity index (χ4n) is 2.70. The molecule has 0 N–H and O–H groups in total. The highest BCUT2D eigenvalue weighted by molar-refractivity contribution is 6.70. The van der Waals surface area contributed by atoms with E-state index in [4.69, 9.17) is 23.2 Å². The number of anilines is 1. The monoisotopic (exact) mass is 346 g/mol. The summed E-state index contributed by atoms with van der Waals surface area (Å²) in [6.07, 6.45) is 1.78. The number of allylic oxidation sites excluding steroid dienone is 1. The Morgan fingerprint density at radius 3 is 2.57 bits per heavy atom. The Balaban J connectivity index is 2.18. The van der Waals surface area contributed by atoms with Gasteiger partial charge in [0.05, 0.1) is 17.4 Å². The predicted octanol–water partition coefficient (Wildman–Crippen LogP) is 5.13. The number of pyridine rings is 2. The molecule has 23 heavy (non-hydrogen) atoms. The molecule has 2 aromatic rings. The Morgan fingerprint density at radius 2 is 1.91 bits per heavy atom. The summed E-state index contributed by atoms with van der Waals surface area (Å²) in [5, 5.41) is 0.751. The van der Waals surface area contributed by atoms with Crippen LogP contribution in [-0.2, 0) is 0 Å². The first-order chi connectivity index (χ1) is 11.0. The summed E-state index contributed by atoms with van der Waals surface area (Å²) in [4.78, 5) is 15.3. The van der Waals surface area contributed by atoms with Crippen molar-refractivity contribution in [2.45, 2.75) is 19.9 Å². The second-order valence-corrected chi connectivity index (χ2v) is 6.38. The van der Waals surface area contributed by atoms with Crippen molar-refractivity contribution >= 4 is 39.9 Å². The van der Waals surface area contributed by atoms with Gasteiger partial charge in [-0.3, -0.25) is 4.98 Å². The van der Waals surface area contributed by atoms with Crippen LogP contribution in [0, 0.1) is 5.92 Å². The van der Waals surface area contributed by atoms with E-state index in [1.54, 1.807) is 12.3 Å². The van der Waals surface area contributed by atoms with Crippen LogP contribution in [0.2, 0.25) is 5.15 Å². The van der Waals surface area contributed by atoms with Crippen LogP contribution in [0.15, 0.2) is 53.8 Å². The normalized spacial score (nSPS) is 15.4. The minimum Gasteiger partial charge on any atom is -0.313 e. The van der Waals surface area contributed by atoms with Crippen LogP contribution in [0.1, 0.15) is 25.6 Å². The summed E-state index contributed by atoms with van der Waals surface area (Å²) in [6.45, 7) is 8.33. The first-order valence-corrected chi connectivity index (χ1v) is 8.05. The molecule has 0 spiro atoms. The average Bonchev–Trinajstić information content (AvgIpc) is 2.53. The SMILES string of the molecule is C=C1C(Cl)=Nc2ccc(Cl)nc2N1C(c1ccccn1)C(C)C. The second kappa shape index (κ2) is 6.30. The fourth-order valence-corrected chi connectivity index (χ4v) is 3.03. The highest BCUT2D eigenvalue weighted by Crippen LogP contribution is 2.43. The molecule has 0 saturated carbocycles. The number of hydrogen-bond donors (Lipinski definition) is 0. The lowest BCUT2D eigenvalue weighted by Gasteiger charge is -2.38. The highest BCUT2D eigenvalue weighted by atomic mass is 35.5. The zero-order valence-electron chi connectivity index (χ0n) is 12.9. The van der Waals surface area contributed by atoms with Gasteiger partial charge in [-0.25, -0.2) is 9.98 Å². The Morgan fingerprint density at radius 1 is 1.13 bits per heavy atom. The molecule has 1 aliphatic rings. The van der Waals surface area contributed by atoms with Gasteiger partial charge in [0.2, 0.25) is 0 Å². The smallest absolute Gasteiger partial charge is 0.161 e. The van der Waals surface area contributed by atoms with Gasteiger partial charge >= 0.3 is 0 Å². The molecule has 3 heterocycles. The predicted molar refractivity (Wildman–Crippen MR) is 95.6 cm³/mol. The lowest BCUT2D eigenvalue weighted by molar-refractivity contribution is 0.484. The fraction of sp³-hybridized carbons (Fsp3) is 0.235. The summed E-state index contributed by atoms with van der Waals surface area (Å²) in [6, 6.07) is 9.28. The van der Waals surface area contributed by atoms with Gasteiger partial charge in [0.25, 0.3) is 0 Å². The maximum absolute atomic E-state index is 6.29. The van der Waals surface area contributed by atoms with Crippen molar-refractivity contribution in [2.24, 2.45) is 10.9 Å². The molecule has 0 aromatic carbocycles. The van der Waals surface area contributed by atoms with Crippen LogP contribution in [0.5, 0.6) is 0 Å². The van der Waals surface area contributed by atoms with Crippen LogP contribution < -0.4 is 4.90 Å². The first kappa shape index (κ1) is 16.0. The average molecular weight is 347 g/mol. The van der Waals surface area contributed by atoms with Gasteiger partial charge in [-0.05, 0) is 30.2 Å². The number of halogens is 2. The van der Waals surface area contributed by atoms with Crippen molar-refractivity contribution in [2.75, 3.05) is 4.90 Å². The molecule has 0 saturated heterocycles. The number of hydrogen-bond acceptors (Lipinski definition) is 4. The molecule has 0 aliphatic carbocycles. The Bertz CT molecular complexity index is 771. The summed E-state index contributed by atoms with van der Waals surface area (Å²) >= 11 is 12.4. The topological polar surface area (TPSA) is 41.4 Å². The van der Waals surface area contributed by atoms with E-state index in [0.717, 1.165) is 5.69 Å². The van der Waals surface area contributed by atoms with E-state index in [1.165, 1.54) is 0 Å². The lowest BCUT2D eigenvalue weighted by Crippen LogP contribution is -2.36. The van der Waals surface area contributed by atoms with E-state index in [2.05, 4.69) is 35.4 Å². The van der Waals surface area contributed by atoms with Crippen molar-refractivity contribution in [1.29, 1.82) is 0 Å². The molecule has 0 amide bonds. The van der Waals surface area contributed by atoms with E-state index >= 15 is 0 Å². The number of fused-ring (bicyclic) bond motifs is 1. The summed E-state index contributed by atoms with van der Waals surface area (Å²) in [7, 11) is 0. The van der Waals surface area contributed by atoms with E-state index in [9.17, 15) is 0 Å². The molecular formula is C17H16Cl2N4. The van der Waals surface area contributed by atoms with Gasteiger partial charge in [0.15, 0.2) is 11.0 Å². The van der Waals surface area contributed by atoms with E-state index in [1.807, 2.05) is 29.2 Å². The van der Waals surface area contributed by atoms with Gasteiger partial charge in [-0.2, -0.15) is 0 Å². The number of rotatable bonds is 3. The number of aliphatic imine (C=N–C) groups is 1. The summed E-state index contributed by atoms with van der Waals surface area (Å²) in [5.74, 6) is 0.897. The molecule has 3 rings (SSSR count). The third kappa shape index (κ3) is 2.96. The zero-order valence-corrected chi connectivity index (χ0v) is 14.4. The van der Waals surface area contributed by atoms with Gasteiger partial charge in [-0.1, -0.05) is 49.7 Å². The van der Waals surface area contributed by atoms with Gasteiger partial charge < -0.3 is 4.90 Å². The second-order valence-electron chi connectivity index (χ2n) is 5.64. The molecule has 0 bridgehead atoms. The van der Waals surface area contributed by atoms with Crippen LogP contribution in [-0.4, -0.2) is 15.1 Å². The standard InChI is InChI=1S/C17H16Cl2N4/c1-10(2)15(12-6-4-5-9-20-12)23-11(3)16(19)21-13-7-8-14(18)22-17(13)23/h4-10,15H,3H2,1-2H3. The summed E-state index contributed by atoms with van der Waals surface area (Å²) < 4.78 is 0. The van der Waals surface area contributed by atoms with Gasteiger partial charge in [0.1, 0.15) is 10.8 Å². The molecule has 4 nitrogen and oxygen atoms in total. The number of nitrogens with zero attached hydrogens (tertiary/aromatic N) is 4. The molecule has 1 atom stereocenters. The molecule has 0 radical (unpaired) electrons. The largest absolute Gasteiger partial charge is 0.313 e. The van der Waals surface area contributed by atoms with Crippen LogP contribution in [0.4, 0.5) is 11.5 Å². The van der Waals surface area contributed by atoms with Gasteiger partial charge in [0, 0.05) is 6.20 Å². The molecule has 2 aromatic heterocycles. The van der Waals surface area contributed by atoms with E-state index < -0.39 is 0 Å². The van der Waals surface area contributed by atoms with Crippen molar-refractivity contribution in [3.05, 3.63) is 59.7 Å². The van der Waals surface area contributed by atoms with Crippen LogP contribution in [0.3, 0.4) is 0 Å². The van der Waals surface area contributed by atoms with Gasteiger partial charge in [-0.15, -0.1) is 0 Å². The lowest BCUT2D eigenvalue weighted by atomic mass is 9.97. The maximum atomic E-state index is 6.29. The third-order valence-electron chi connectivity index (χ3n) is 3.70. The highest BCUT2D eigenvalue weighted by Gasteiger charge is 2.33. The first-order valence-electron chi connectivity index (χ1n) is 7.29. The molecule has 1 aliphatic heterocycles. The van der Waals surface area contributed by atoms with Crippen LogP contribution in [0.25, 0.3) is 0 Å². The van der Waals surface area contributed by atoms with Crippen molar-refractivity contribution in [3.63, 3.8) is 0 Å². The zero-order chi connectivity index (χ0) is 16.6. The number of aromatic nitrogens is 2. The van der Waals surface area contributed by atoms with E-state index in [-0.39, 0.29) is 12.0 Å². The quantitative estimate of drug-likeness (QED) is 0.723. The third-order valence-corrected chi connectivity index (χ3v) is 4.21. The molecule has 1 unspecified atom stereocenters. The van der Waals surface area contributed by atoms with Crippen LogP contribution >= 0.6 is 23.2 Å². The Kier molecular flexibility index (Phi) is 4.37. The Hall–Kier alpha value is -1.91. The van der Waals surface area contributed by atoms with Crippen molar-refractivity contribution in [1.82, 2.24) is 9.97 Å². The van der Waals surface area contributed by atoms with Crippen molar-refractivity contribution < 1.29 is 0 Å². The molecular weight excluding hydrogens is 331 g/mol. The minimum atomic E-state index is -0.0716. The molecule has 118 valence electrons. The maximum Gasteiger partial charge on any atom is 0.161 e. The molecule has 6 heteroatoms. The van der Waals surface area contributed by atoms with Crippen molar-refractivity contribution in [3.8, 4) is 0 Å². The Labute approximate surface area is 145 Å². The molecule has 0 fully saturated rings. The van der Waals surface area contributed by atoms with E-state index in [0.29, 0.717) is 27.5 Å². The summed E-state index contributed by atoms with van der Waals surface area (Å²) in [5.41, 5.74) is 2.19.